The van der Waals surface area contributed by atoms with Crippen LogP contribution in [0.3, 0.4) is 0 Å². The fourth-order valence-electron chi connectivity index (χ4n) is 1.56. The molecule has 2 rings (SSSR count). The Kier molecular flexibility index (Phi) is 3.87. The summed E-state index contributed by atoms with van der Waals surface area (Å²) in [5.41, 5.74) is -0.191. The fraction of sp³-hybridized carbons (Fsp3) is 0.167. The molecule has 0 aliphatic heterocycles. The minimum atomic E-state index is -1.17. The summed E-state index contributed by atoms with van der Waals surface area (Å²) in [7, 11) is 0. The zero-order valence-electron chi connectivity index (χ0n) is 9.98. The molecule has 0 radical (unpaired) electrons. The first kappa shape index (κ1) is 12.7. The van der Waals surface area contributed by atoms with Gasteiger partial charge in [-0.05, 0) is 12.1 Å². The minimum Gasteiger partial charge on any atom is -0.478 e. The zero-order chi connectivity index (χ0) is 13.7. The van der Waals surface area contributed by atoms with Crippen molar-refractivity contribution in [2.75, 3.05) is 6.54 Å². The number of nitrogens with one attached hydrogen (secondary N) is 1. The lowest BCUT2D eigenvalue weighted by Crippen LogP contribution is -2.29. The maximum Gasteiger partial charge on any atom is 0.338 e. The van der Waals surface area contributed by atoms with Crippen LogP contribution in [0.5, 0.6) is 0 Å². The molecule has 0 unspecified atom stereocenters. The summed E-state index contributed by atoms with van der Waals surface area (Å²) in [5.74, 6) is -1.68. The van der Waals surface area contributed by atoms with Crippen molar-refractivity contribution in [2.24, 2.45) is 0 Å². The maximum absolute atomic E-state index is 11.8. The molecule has 2 aromatic rings. The van der Waals surface area contributed by atoms with Crippen molar-refractivity contribution in [3.05, 3.63) is 48.3 Å². The Morgan fingerprint density at radius 1 is 1.37 bits per heavy atom. The van der Waals surface area contributed by atoms with Gasteiger partial charge >= 0.3 is 5.97 Å². The van der Waals surface area contributed by atoms with Crippen LogP contribution in [-0.4, -0.2) is 38.1 Å². The van der Waals surface area contributed by atoms with Crippen molar-refractivity contribution in [1.82, 2.24) is 19.9 Å². The van der Waals surface area contributed by atoms with Gasteiger partial charge in [0, 0.05) is 31.7 Å². The SMILES string of the molecule is O=C(O)c1cccnc1C(=O)NCCn1ccnc1. The first-order chi connectivity index (χ1) is 9.18. The lowest BCUT2D eigenvalue weighted by Gasteiger charge is -2.07. The van der Waals surface area contributed by atoms with Gasteiger partial charge in [-0.15, -0.1) is 0 Å². The number of hydrogen-bond donors (Lipinski definition) is 2. The summed E-state index contributed by atoms with van der Waals surface area (Å²) in [6, 6.07) is 2.83. The van der Waals surface area contributed by atoms with E-state index in [0.29, 0.717) is 13.1 Å². The third-order valence-electron chi connectivity index (χ3n) is 2.47. The molecular weight excluding hydrogens is 248 g/mol. The maximum atomic E-state index is 11.8. The number of nitrogens with zero attached hydrogens (tertiary/aromatic N) is 3. The van der Waals surface area contributed by atoms with Gasteiger partial charge in [-0.25, -0.2) is 9.78 Å². The molecular formula is C12H12N4O3. The fourth-order valence-corrected chi connectivity index (χ4v) is 1.56. The van der Waals surface area contributed by atoms with E-state index in [1.54, 1.807) is 23.3 Å². The van der Waals surface area contributed by atoms with Crippen molar-refractivity contribution in [3.8, 4) is 0 Å². The van der Waals surface area contributed by atoms with E-state index in [1.165, 1.54) is 18.3 Å². The standard InChI is InChI=1S/C12H12N4O3/c17-11(15-5-7-16-6-4-13-8-16)10-9(12(18)19)2-1-3-14-10/h1-4,6,8H,5,7H2,(H,15,17)(H,18,19). The van der Waals surface area contributed by atoms with Crippen LogP contribution in [-0.2, 0) is 6.54 Å². The lowest BCUT2D eigenvalue weighted by atomic mass is 10.2. The zero-order valence-corrected chi connectivity index (χ0v) is 9.98. The molecule has 7 heteroatoms. The number of pyridine rings is 1. The highest BCUT2D eigenvalue weighted by molar-refractivity contribution is 6.03. The molecule has 0 saturated carbocycles. The number of amides is 1. The molecule has 0 bridgehead atoms. The van der Waals surface area contributed by atoms with E-state index in [0.717, 1.165) is 0 Å². The lowest BCUT2D eigenvalue weighted by molar-refractivity contribution is 0.0690. The second-order valence-electron chi connectivity index (χ2n) is 3.76. The van der Waals surface area contributed by atoms with Gasteiger partial charge in [0.15, 0.2) is 0 Å². The molecule has 2 heterocycles. The van der Waals surface area contributed by atoms with Crippen molar-refractivity contribution < 1.29 is 14.7 Å². The number of rotatable bonds is 5. The summed E-state index contributed by atoms with van der Waals surface area (Å²) >= 11 is 0. The highest BCUT2D eigenvalue weighted by Crippen LogP contribution is 2.04. The topological polar surface area (TPSA) is 97.1 Å². The summed E-state index contributed by atoms with van der Waals surface area (Å²) in [6.45, 7) is 0.922. The first-order valence-corrected chi connectivity index (χ1v) is 5.60. The van der Waals surface area contributed by atoms with Crippen LogP contribution in [0.4, 0.5) is 0 Å². The second kappa shape index (κ2) is 5.76. The van der Waals surface area contributed by atoms with E-state index >= 15 is 0 Å². The molecule has 0 aliphatic rings. The number of aromatic carboxylic acids is 1. The Balaban J connectivity index is 1.98. The molecule has 1 amide bonds. The average molecular weight is 260 g/mol. The smallest absolute Gasteiger partial charge is 0.338 e. The summed E-state index contributed by atoms with van der Waals surface area (Å²) in [6.07, 6.45) is 6.44. The molecule has 0 spiro atoms. The van der Waals surface area contributed by atoms with Crippen LogP contribution in [0.25, 0.3) is 0 Å². The van der Waals surface area contributed by atoms with Gasteiger partial charge in [0.05, 0.1) is 11.9 Å². The van der Waals surface area contributed by atoms with Crippen LogP contribution in [0, 0.1) is 0 Å². The largest absolute Gasteiger partial charge is 0.478 e. The number of carbonyl (C=O) groups excluding carboxylic acids is 1. The molecule has 2 aromatic heterocycles. The molecule has 0 saturated heterocycles. The number of carboxylic acids is 1. The Bertz CT molecular complexity index is 580. The van der Waals surface area contributed by atoms with E-state index in [4.69, 9.17) is 5.11 Å². The molecule has 19 heavy (non-hydrogen) atoms. The Morgan fingerprint density at radius 2 is 2.21 bits per heavy atom. The van der Waals surface area contributed by atoms with E-state index in [9.17, 15) is 9.59 Å². The average Bonchev–Trinajstić information content (AvgIpc) is 2.91. The molecule has 98 valence electrons. The summed E-state index contributed by atoms with van der Waals surface area (Å²) < 4.78 is 1.80. The van der Waals surface area contributed by atoms with Crippen LogP contribution < -0.4 is 5.32 Å². The highest BCUT2D eigenvalue weighted by Gasteiger charge is 2.16. The summed E-state index contributed by atoms with van der Waals surface area (Å²) in [4.78, 5) is 30.5. The van der Waals surface area contributed by atoms with Crippen molar-refractivity contribution in [3.63, 3.8) is 0 Å². The van der Waals surface area contributed by atoms with Gasteiger partial charge in [-0.3, -0.25) is 9.78 Å². The van der Waals surface area contributed by atoms with Crippen LogP contribution in [0.1, 0.15) is 20.8 Å². The van der Waals surface area contributed by atoms with Crippen LogP contribution in [0.2, 0.25) is 0 Å². The number of carbonyl (C=O) groups is 2. The van der Waals surface area contributed by atoms with Gasteiger partial charge in [0.1, 0.15) is 5.69 Å². The summed E-state index contributed by atoms with van der Waals surface area (Å²) in [5, 5.41) is 11.6. The molecule has 2 N–H and O–H groups in total. The van der Waals surface area contributed by atoms with Gasteiger partial charge < -0.3 is 15.0 Å². The van der Waals surface area contributed by atoms with E-state index in [2.05, 4.69) is 15.3 Å². The minimum absolute atomic E-state index is 0.0827. The Labute approximate surface area is 108 Å². The molecule has 0 fully saturated rings. The van der Waals surface area contributed by atoms with Crippen molar-refractivity contribution in [2.45, 2.75) is 6.54 Å². The quantitative estimate of drug-likeness (QED) is 0.811. The number of carboxylic acid groups (broad SMARTS) is 1. The van der Waals surface area contributed by atoms with Gasteiger partial charge in [-0.2, -0.15) is 0 Å². The van der Waals surface area contributed by atoms with Crippen molar-refractivity contribution >= 4 is 11.9 Å². The molecule has 0 atom stereocenters. The van der Waals surface area contributed by atoms with Gasteiger partial charge in [0.25, 0.3) is 5.91 Å². The van der Waals surface area contributed by atoms with Crippen LogP contribution >= 0.6 is 0 Å². The van der Waals surface area contributed by atoms with E-state index < -0.39 is 11.9 Å². The molecule has 0 aliphatic carbocycles. The third-order valence-corrected chi connectivity index (χ3v) is 2.47. The Hall–Kier alpha value is -2.70. The predicted molar refractivity (Wildman–Crippen MR) is 65.8 cm³/mol. The van der Waals surface area contributed by atoms with Gasteiger partial charge in [-0.1, -0.05) is 0 Å². The second-order valence-corrected chi connectivity index (χ2v) is 3.76. The molecule has 7 nitrogen and oxygen atoms in total. The monoisotopic (exact) mass is 260 g/mol. The number of imidazole rings is 1. The number of aromatic nitrogens is 3. The van der Waals surface area contributed by atoms with E-state index in [-0.39, 0.29) is 11.3 Å². The number of hydrogen-bond acceptors (Lipinski definition) is 4. The van der Waals surface area contributed by atoms with Crippen LogP contribution in [0.15, 0.2) is 37.1 Å². The first-order valence-electron chi connectivity index (χ1n) is 5.60. The highest BCUT2D eigenvalue weighted by atomic mass is 16.4. The normalized spacial score (nSPS) is 10.1. The van der Waals surface area contributed by atoms with Gasteiger partial charge in [0.2, 0.25) is 0 Å². The predicted octanol–water partition coefficient (Wildman–Crippen LogP) is 0.406. The van der Waals surface area contributed by atoms with E-state index in [1.807, 2.05) is 0 Å². The van der Waals surface area contributed by atoms with Crippen molar-refractivity contribution in [1.29, 1.82) is 0 Å². The molecule has 0 aromatic carbocycles. The third kappa shape index (κ3) is 3.15. The Morgan fingerprint density at radius 3 is 2.89 bits per heavy atom.